The van der Waals surface area contributed by atoms with Gasteiger partial charge in [-0.3, -0.25) is 4.79 Å². The van der Waals surface area contributed by atoms with Gasteiger partial charge in [0.2, 0.25) is 0 Å². The molecule has 4 nitrogen and oxygen atoms in total. The van der Waals surface area contributed by atoms with Crippen molar-refractivity contribution in [2.24, 2.45) is 0 Å². The lowest BCUT2D eigenvalue weighted by Gasteiger charge is -2.04. The van der Waals surface area contributed by atoms with Crippen LogP contribution in [0.4, 0.5) is 0 Å². The SMILES string of the molecule is C#CC#CC=C=CC1O[C@@H]1[C@@H](O)/C=C\[C@H]1CCC(=O)O1. The minimum absolute atomic E-state index is 0.176. The quantitative estimate of drug-likeness (QED) is 0.269. The van der Waals surface area contributed by atoms with Crippen molar-refractivity contribution in [2.75, 3.05) is 0 Å². The Labute approximate surface area is 117 Å². The van der Waals surface area contributed by atoms with Crippen molar-refractivity contribution in [3.8, 4) is 24.2 Å². The molecular weight excluding hydrogens is 256 g/mol. The van der Waals surface area contributed by atoms with Crippen molar-refractivity contribution >= 4 is 5.97 Å². The van der Waals surface area contributed by atoms with Gasteiger partial charge in [0.25, 0.3) is 0 Å². The predicted molar refractivity (Wildman–Crippen MR) is 72.2 cm³/mol. The van der Waals surface area contributed by atoms with Gasteiger partial charge in [-0.25, -0.2) is 0 Å². The van der Waals surface area contributed by atoms with Crippen LogP contribution in [-0.4, -0.2) is 35.5 Å². The zero-order valence-corrected chi connectivity index (χ0v) is 10.8. The number of carbonyl (C=O) groups excluding carboxylic acids is 1. The highest BCUT2D eigenvalue weighted by molar-refractivity contribution is 5.71. The molecule has 2 rings (SSSR count). The Morgan fingerprint density at radius 3 is 3.05 bits per heavy atom. The van der Waals surface area contributed by atoms with Crippen LogP contribution in [0.3, 0.4) is 0 Å². The molecule has 102 valence electrons. The van der Waals surface area contributed by atoms with E-state index in [-0.39, 0.29) is 24.3 Å². The van der Waals surface area contributed by atoms with E-state index in [9.17, 15) is 9.90 Å². The largest absolute Gasteiger partial charge is 0.458 e. The summed E-state index contributed by atoms with van der Waals surface area (Å²) < 4.78 is 10.3. The summed E-state index contributed by atoms with van der Waals surface area (Å²) in [4.78, 5) is 10.9. The molecule has 0 aromatic heterocycles. The van der Waals surface area contributed by atoms with Crippen molar-refractivity contribution in [3.63, 3.8) is 0 Å². The topological polar surface area (TPSA) is 59.1 Å². The molecule has 0 saturated carbocycles. The molecule has 1 unspecified atom stereocenters. The predicted octanol–water partition coefficient (Wildman–Crippen LogP) is 0.724. The van der Waals surface area contributed by atoms with E-state index in [1.54, 1.807) is 18.2 Å². The maximum Gasteiger partial charge on any atom is 0.306 e. The van der Waals surface area contributed by atoms with E-state index < -0.39 is 6.10 Å². The highest BCUT2D eigenvalue weighted by Crippen LogP contribution is 2.27. The average Bonchev–Trinajstić information content (AvgIpc) is 3.10. The van der Waals surface area contributed by atoms with Crippen LogP contribution in [0.2, 0.25) is 0 Å². The number of hydrogen-bond donors (Lipinski definition) is 1. The molecule has 0 amide bonds. The van der Waals surface area contributed by atoms with E-state index in [0.29, 0.717) is 12.8 Å². The third-order valence-electron chi connectivity index (χ3n) is 2.90. The van der Waals surface area contributed by atoms with Crippen LogP contribution in [0.1, 0.15) is 12.8 Å². The van der Waals surface area contributed by atoms with Crippen LogP contribution in [-0.2, 0) is 14.3 Å². The van der Waals surface area contributed by atoms with E-state index >= 15 is 0 Å². The summed E-state index contributed by atoms with van der Waals surface area (Å²) >= 11 is 0. The van der Waals surface area contributed by atoms with Crippen LogP contribution in [0.25, 0.3) is 0 Å². The number of epoxide rings is 1. The number of aliphatic hydroxyl groups excluding tert-OH is 1. The summed E-state index contributed by atoms with van der Waals surface area (Å²) in [5.74, 6) is 7.01. The highest BCUT2D eigenvalue weighted by atomic mass is 16.6. The molecule has 2 heterocycles. The third-order valence-corrected chi connectivity index (χ3v) is 2.90. The first kappa shape index (κ1) is 14.2. The Morgan fingerprint density at radius 1 is 1.50 bits per heavy atom. The molecule has 2 fully saturated rings. The van der Waals surface area contributed by atoms with Gasteiger partial charge in [-0.05, 0) is 30.4 Å². The Kier molecular flexibility index (Phi) is 4.82. The van der Waals surface area contributed by atoms with E-state index in [1.165, 1.54) is 6.08 Å². The maximum absolute atomic E-state index is 10.9. The number of carbonyl (C=O) groups is 1. The van der Waals surface area contributed by atoms with Crippen molar-refractivity contribution in [1.29, 1.82) is 0 Å². The molecule has 2 aliphatic heterocycles. The first-order valence-corrected chi connectivity index (χ1v) is 6.29. The molecule has 0 aliphatic carbocycles. The van der Waals surface area contributed by atoms with Gasteiger partial charge in [0, 0.05) is 12.5 Å². The summed E-state index contributed by atoms with van der Waals surface area (Å²) in [6, 6.07) is 0. The van der Waals surface area contributed by atoms with Crippen LogP contribution in [0, 0.1) is 24.2 Å². The molecule has 0 aromatic rings. The molecule has 0 aromatic carbocycles. The minimum Gasteiger partial charge on any atom is -0.458 e. The standard InChI is InChI=1S/C16H14O4/c1-2-3-4-5-6-7-14-16(20-14)13(17)10-8-12-9-11-15(18)19-12/h1,5,7-8,10,12-14,16-17H,9,11H2/b10-8-/t6?,12-,13-,14?,16+/m0/s1. The fourth-order valence-electron chi connectivity index (χ4n) is 1.84. The van der Waals surface area contributed by atoms with Crippen LogP contribution < -0.4 is 0 Å². The van der Waals surface area contributed by atoms with E-state index in [0.717, 1.165) is 0 Å². The Morgan fingerprint density at radius 2 is 2.35 bits per heavy atom. The van der Waals surface area contributed by atoms with Gasteiger partial charge in [0.15, 0.2) is 0 Å². The fraction of sp³-hybridized carbons (Fsp3) is 0.375. The second kappa shape index (κ2) is 6.80. The summed E-state index contributed by atoms with van der Waals surface area (Å²) in [5.41, 5.74) is 2.82. The number of terminal acetylenes is 1. The monoisotopic (exact) mass is 270 g/mol. The molecule has 0 bridgehead atoms. The zero-order valence-electron chi connectivity index (χ0n) is 10.8. The normalized spacial score (nSPS) is 28.6. The van der Waals surface area contributed by atoms with Gasteiger partial charge in [-0.1, -0.05) is 12.0 Å². The molecule has 1 N–H and O–H groups in total. The molecule has 20 heavy (non-hydrogen) atoms. The summed E-state index contributed by atoms with van der Waals surface area (Å²) in [6.45, 7) is 0. The van der Waals surface area contributed by atoms with Gasteiger partial charge < -0.3 is 14.6 Å². The lowest BCUT2D eigenvalue weighted by atomic mass is 10.1. The van der Waals surface area contributed by atoms with E-state index in [4.69, 9.17) is 15.9 Å². The van der Waals surface area contributed by atoms with Gasteiger partial charge in [0.1, 0.15) is 24.4 Å². The van der Waals surface area contributed by atoms with E-state index in [1.807, 2.05) is 0 Å². The zero-order chi connectivity index (χ0) is 14.4. The number of ether oxygens (including phenoxy) is 2. The molecular formula is C16H14O4. The molecule has 2 saturated heterocycles. The van der Waals surface area contributed by atoms with Gasteiger partial charge >= 0.3 is 5.97 Å². The molecule has 4 heteroatoms. The first-order valence-electron chi connectivity index (χ1n) is 6.29. The maximum atomic E-state index is 10.9. The lowest BCUT2D eigenvalue weighted by molar-refractivity contribution is -0.140. The van der Waals surface area contributed by atoms with Crippen molar-refractivity contribution < 1.29 is 19.4 Å². The van der Waals surface area contributed by atoms with E-state index in [2.05, 4.69) is 23.5 Å². The number of cyclic esters (lactones) is 1. The lowest BCUT2D eigenvalue weighted by Crippen LogP contribution is -2.14. The highest BCUT2D eigenvalue weighted by Gasteiger charge is 2.41. The number of hydrogen-bond acceptors (Lipinski definition) is 4. The van der Waals surface area contributed by atoms with Crippen LogP contribution >= 0.6 is 0 Å². The number of esters is 1. The Bertz CT molecular complexity index is 564. The summed E-state index contributed by atoms with van der Waals surface area (Å²) in [7, 11) is 0. The number of aliphatic hydroxyl groups is 1. The van der Waals surface area contributed by atoms with Gasteiger partial charge in [-0.15, -0.1) is 12.2 Å². The molecule has 0 radical (unpaired) electrons. The smallest absolute Gasteiger partial charge is 0.306 e. The second-order valence-electron chi connectivity index (χ2n) is 4.40. The summed E-state index contributed by atoms with van der Waals surface area (Å²) in [6.07, 6.45) is 11.1. The van der Waals surface area contributed by atoms with Crippen molar-refractivity contribution in [2.45, 2.75) is 37.3 Å². The molecule has 4 atom stereocenters. The van der Waals surface area contributed by atoms with Crippen molar-refractivity contribution in [3.05, 3.63) is 30.0 Å². The Balaban J connectivity index is 1.77. The average molecular weight is 270 g/mol. The van der Waals surface area contributed by atoms with Gasteiger partial charge in [-0.2, -0.15) is 0 Å². The fourth-order valence-corrected chi connectivity index (χ4v) is 1.84. The molecule has 2 aliphatic rings. The number of rotatable bonds is 4. The minimum atomic E-state index is -0.728. The third kappa shape index (κ3) is 4.16. The summed E-state index contributed by atoms with van der Waals surface area (Å²) in [5, 5.41) is 9.86. The Hall–Kier alpha value is -2.23. The van der Waals surface area contributed by atoms with Crippen LogP contribution in [0.15, 0.2) is 30.0 Å². The van der Waals surface area contributed by atoms with Crippen molar-refractivity contribution in [1.82, 2.24) is 0 Å². The van der Waals surface area contributed by atoms with Crippen LogP contribution in [0.5, 0.6) is 0 Å². The first-order chi connectivity index (χ1) is 9.70. The molecule has 0 spiro atoms. The second-order valence-corrected chi connectivity index (χ2v) is 4.40. The van der Waals surface area contributed by atoms with Gasteiger partial charge in [0.05, 0.1) is 0 Å².